The molecule has 11 heteroatoms. The standard InChI is InChI=1S/C22H21F3N4O4/c23-15-7-6-14(10-16(15)24)26-22-29-28-20(33-22)19(30)27-18-8-5-13(9-17(18)25)11-1-3-12(4-2-11)21(31)32/h6-13H,1-5H2,(H,26,29)(H,27,30)(H,31,32). The Morgan fingerprint density at radius 1 is 1.06 bits per heavy atom. The second-order valence-corrected chi connectivity index (χ2v) is 8.10. The number of carboxylic acids is 1. The molecule has 0 spiro atoms. The van der Waals surface area contributed by atoms with Gasteiger partial charge in [-0.2, -0.15) is 0 Å². The Bertz CT molecular complexity index is 1120. The smallest absolute Gasteiger partial charge is 0.320 e. The first kappa shape index (κ1) is 22.6. The van der Waals surface area contributed by atoms with Crippen LogP contribution in [-0.2, 0) is 4.79 Å². The highest BCUT2D eigenvalue weighted by Gasteiger charge is 2.31. The van der Waals surface area contributed by atoms with E-state index in [1.54, 1.807) is 6.08 Å². The zero-order valence-electron chi connectivity index (χ0n) is 17.4. The highest BCUT2D eigenvalue weighted by molar-refractivity contribution is 5.91. The van der Waals surface area contributed by atoms with Gasteiger partial charge in [0.05, 0.1) is 11.6 Å². The number of aromatic nitrogens is 2. The van der Waals surface area contributed by atoms with Gasteiger partial charge in [0.2, 0.25) is 0 Å². The number of halogens is 3. The molecule has 1 fully saturated rings. The number of anilines is 2. The van der Waals surface area contributed by atoms with Gasteiger partial charge in [-0.05, 0) is 62.1 Å². The molecule has 2 aliphatic rings. The van der Waals surface area contributed by atoms with Crippen molar-refractivity contribution in [2.45, 2.75) is 32.1 Å². The predicted octanol–water partition coefficient (Wildman–Crippen LogP) is 4.47. The molecule has 3 N–H and O–H groups in total. The van der Waals surface area contributed by atoms with Gasteiger partial charge in [0.1, 0.15) is 5.83 Å². The number of carboxylic acid groups (broad SMARTS) is 1. The maximum Gasteiger partial charge on any atom is 0.320 e. The van der Waals surface area contributed by atoms with E-state index in [1.165, 1.54) is 12.1 Å². The Kier molecular flexibility index (Phi) is 6.47. The maximum atomic E-state index is 14.6. The normalized spacial score (nSPS) is 22.8. The molecule has 0 radical (unpaired) electrons. The summed E-state index contributed by atoms with van der Waals surface area (Å²) in [6, 6.07) is 2.82. The zero-order valence-corrected chi connectivity index (χ0v) is 17.4. The molecule has 1 atom stereocenters. The predicted molar refractivity (Wildman–Crippen MR) is 110 cm³/mol. The average Bonchev–Trinajstić information content (AvgIpc) is 3.26. The molecule has 2 aliphatic carbocycles. The first-order valence-corrected chi connectivity index (χ1v) is 10.5. The topological polar surface area (TPSA) is 117 Å². The molecular formula is C22H21F3N4O4. The summed E-state index contributed by atoms with van der Waals surface area (Å²) >= 11 is 0. The summed E-state index contributed by atoms with van der Waals surface area (Å²) in [4.78, 5) is 23.5. The Balaban J connectivity index is 1.33. The van der Waals surface area contributed by atoms with E-state index in [4.69, 9.17) is 9.52 Å². The van der Waals surface area contributed by atoms with Gasteiger partial charge in [-0.3, -0.25) is 9.59 Å². The summed E-state index contributed by atoms with van der Waals surface area (Å²) in [7, 11) is 0. The van der Waals surface area contributed by atoms with E-state index in [0.717, 1.165) is 25.0 Å². The van der Waals surface area contributed by atoms with E-state index in [-0.39, 0.29) is 35.2 Å². The number of nitrogens with one attached hydrogen (secondary N) is 2. The van der Waals surface area contributed by atoms with E-state index in [1.807, 2.05) is 0 Å². The van der Waals surface area contributed by atoms with Gasteiger partial charge in [0.15, 0.2) is 11.6 Å². The van der Waals surface area contributed by atoms with Crippen molar-refractivity contribution >= 4 is 23.6 Å². The number of amides is 1. The van der Waals surface area contributed by atoms with Crippen LogP contribution in [0.4, 0.5) is 24.9 Å². The van der Waals surface area contributed by atoms with Crippen molar-refractivity contribution in [3.05, 3.63) is 59.4 Å². The maximum absolute atomic E-state index is 14.6. The van der Waals surface area contributed by atoms with Gasteiger partial charge in [0, 0.05) is 11.8 Å². The van der Waals surface area contributed by atoms with Crippen molar-refractivity contribution in [2.75, 3.05) is 5.32 Å². The summed E-state index contributed by atoms with van der Waals surface area (Å²) in [5.41, 5.74) is 0.126. The number of carbonyl (C=O) groups excluding carboxylic acids is 1. The van der Waals surface area contributed by atoms with Gasteiger partial charge in [0.25, 0.3) is 0 Å². The van der Waals surface area contributed by atoms with Crippen LogP contribution in [0.5, 0.6) is 0 Å². The lowest BCUT2D eigenvalue weighted by atomic mass is 9.73. The van der Waals surface area contributed by atoms with E-state index < -0.39 is 35.2 Å². The quantitative estimate of drug-likeness (QED) is 0.580. The molecule has 1 aromatic carbocycles. The molecule has 0 bridgehead atoms. The molecule has 1 aromatic heterocycles. The zero-order chi connectivity index (χ0) is 23.5. The van der Waals surface area contributed by atoms with Crippen molar-refractivity contribution in [1.29, 1.82) is 0 Å². The fraction of sp³-hybridized carbons (Fsp3) is 0.364. The lowest BCUT2D eigenvalue weighted by Crippen LogP contribution is -2.28. The third-order valence-corrected chi connectivity index (χ3v) is 5.98. The highest BCUT2D eigenvalue weighted by Crippen LogP contribution is 2.38. The number of nitrogens with zero attached hydrogens (tertiary/aromatic N) is 2. The summed E-state index contributed by atoms with van der Waals surface area (Å²) in [6.45, 7) is 0. The molecule has 8 nitrogen and oxygen atoms in total. The summed E-state index contributed by atoms with van der Waals surface area (Å²) in [6.07, 6.45) is 6.16. The molecule has 2 aromatic rings. The van der Waals surface area contributed by atoms with E-state index in [2.05, 4.69) is 20.8 Å². The molecular weight excluding hydrogens is 441 g/mol. The van der Waals surface area contributed by atoms with E-state index in [9.17, 15) is 22.8 Å². The fourth-order valence-electron chi connectivity index (χ4n) is 4.17. The fourth-order valence-corrected chi connectivity index (χ4v) is 4.17. The van der Waals surface area contributed by atoms with Crippen LogP contribution in [0, 0.1) is 29.4 Å². The third-order valence-electron chi connectivity index (χ3n) is 5.98. The summed E-state index contributed by atoms with van der Waals surface area (Å²) in [5.74, 6) is -4.92. The van der Waals surface area contributed by atoms with Crippen LogP contribution < -0.4 is 10.6 Å². The minimum absolute atomic E-state index is 0.0104. The second kappa shape index (κ2) is 9.47. The molecule has 33 heavy (non-hydrogen) atoms. The number of rotatable bonds is 6. The van der Waals surface area contributed by atoms with Crippen molar-refractivity contribution in [3.8, 4) is 0 Å². The van der Waals surface area contributed by atoms with Crippen LogP contribution in [0.2, 0.25) is 0 Å². The SMILES string of the molecule is O=C(NC1=CCC(C2CCC(C(=O)O)CC2)C=C1F)c1nnc(Nc2ccc(F)c(F)c2)o1. The van der Waals surface area contributed by atoms with Crippen LogP contribution in [0.1, 0.15) is 42.8 Å². The van der Waals surface area contributed by atoms with Gasteiger partial charge in [-0.15, -0.1) is 5.10 Å². The number of hydrogen-bond acceptors (Lipinski definition) is 6. The largest absolute Gasteiger partial charge is 0.481 e. The number of hydrogen-bond donors (Lipinski definition) is 3. The van der Waals surface area contributed by atoms with Gasteiger partial charge in [-0.25, -0.2) is 13.2 Å². The molecule has 0 aliphatic heterocycles. The van der Waals surface area contributed by atoms with Crippen LogP contribution in [0.3, 0.4) is 0 Å². The average molecular weight is 462 g/mol. The van der Waals surface area contributed by atoms with Crippen molar-refractivity contribution in [2.24, 2.45) is 17.8 Å². The van der Waals surface area contributed by atoms with E-state index in [0.29, 0.717) is 19.3 Å². The molecule has 1 unspecified atom stereocenters. The van der Waals surface area contributed by atoms with E-state index >= 15 is 0 Å². The lowest BCUT2D eigenvalue weighted by Gasteiger charge is -2.32. The minimum Gasteiger partial charge on any atom is -0.481 e. The molecule has 0 saturated heterocycles. The Morgan fingerprint density at radius 2 is 1.82 bits per heavy atom. The number of aliphatic carboxylic acids is 1. The second-order valence-electron chi connectivity index (χ2n) is 8.10. The van der Waals surface area contributed by atoms with Crippen LogP contribution in [0.15, 0.2) is 46.3 Å². The summed E-state index contributed by atoms with van der Waals surface area (Å²) in [5, 5.41) is 21.2. The molecule has 1 heterocycles. The molecule has 1 amide bonds. The lowest BCUT2D eigenvalue weighted by molar-refractivity contribution is -0.143. The van der Waals surface area contributed by atoms with Gasteiger partial charge in [-0.1, -0.05) is 11.2 Å². The Labute approximate surface area is 186 Å². The third kappa shape index (κ3) is 5.24. The highest BCUT2D eigenvalue weighted by atomic mass is 19.2. The first-order chi connectivity index (χ1) is 15.8. The Morgan fingerprint density at radius 3 is 2.48 bits per heavy atom. The first-order valence-electron chi connectivity index (χ1n) is 10.5. The van der Waals surface area contributed by atoms with Crippen molar-refractivity contribution < 1.29 is 32.3 Å². The van der Waals surface area contributed by atoms with Gasteiger partial charge >= 0.3 is 23.8 Å². The van der Waals surface area contributed by atoms with Gasteiger partial charge < -0.3 is 20.2 Å². The molecule has 4 rings (SSSR count). The molecule has 1 saturated carbocycles. The van der Waals surface area contributed by atoms with Crippen LogP contribution in [0.25, 0.3) is 0 Å². The van der Waals surface area contributed by atoms with Crippen molar-refractivity contribution in [3.63, 3.8) is 0 Å². The van der Waals surface area contributed by atoms with Crippen LogP contribution >= 0.6 is 0 Å². The number of benzene rings is 1. The summed E-state index contributed by atoms with van der Waals surface area (Å²) < 4.78 is 46.1. The number of allylic oxidation sites excluding steroid dienone is 3. The minimum atomic E-state index is -1.07. The number of carbonyl (C=O) groups is 2. The monoisotopic (exact) mass is 462 g/mol. The Hall–Kier alpha value is -3.63. The van der Waals surface area contributed by atoms with Crippen LogP contribution in [-0.4, -0.2) is 27.2 Å². The molecule has 174 valence electrons. The van der Waals surface area contributed by atoms with Crippen molar-refractivity contribution in [1.82, 2.24) is 15.5 Å².